The summed E-state index contributed by atoms with van der Waals surface area (Å²) in [6, 6.07) is 4.41. The van der Waals surface area contributed by atoms with Gasteiger partial charge in [0, 0.05) is 24.1 Å². The Labute approximate surface area is 180 Å². The summed E-state index contributed by atoms with van der Waals surface area (Å²) in [5, 5.41) is 18.7. The van der Waals surface area contributed by atoms with Gasteiger partial charge in [0.15, 0.2) is 0 Å². The molecule has 3 heterocycles. The number of thiophene rings is 1. The first kappa shape index (κ1) is 21.3. The molecule has 2 N–H and O–H groups in total. The number of nitrogens with one attached hydrogen (secondary N) is 1. The number of hydrogen-bond donors (Lipinski definition) is 2. The molecule has 0 radical (unpaired) electrons. The highest BCUT2D eigenvalue weighted by Gasteiger charge is 2.28. The lowest BCUT2D eigenvalue weighted by molar-refractivity contribution is -0.0540. The van der Waals surface area contributed by atoms with Crippen LogP contribution in [0.3, 0.4) is 0 Å². The number of hydrogen-bond acceptors (Lipinski definition) is 7. The molecular weight excluding hydrogens is 428 g/mol. The molecule has 8 nitrogen and oxygen atoms in total. The fraction of sp³-hybridized carbons (Fsp3) is 0.350. The van der Waals surface area contributed by atoms with E-state index in [0.29, 0.717) is 21.0 Å². The number of benzene rings is 1. The predicted octanol–water partition coefficient (Wildman–Crippen LogP) is 2.78. The molecule has 0 fully saturated rings. The summed E-state index contributed by atoms with van der Waals surface area (Å²) in [7, 11) is 1.75. The van der Waals surface area contributed by atoms with Crippen molar-refractivity contribution in [2.24, 2.45) is 4.99 Å². The van der Waals surface area contributed by atoms with Gasteiger partial charge in [-0.25, -0.2) is 13.8 Å². The lowest BCUT2D eigenvalue weighted by Gasteiger charge is -2.15. The van der Waals surface area contributed by atoms with Crippen LogP contribution in [-0.4, -0.2) is 57.6 Å². The van der Waals surface area contributed by atoms with E-state index in [1.54, 1.807) is 25.1 Å². The normalized spacial score (nSPS) is 17.6. The van der Waals surface area contributed by atoms with E-state index in [4.69, 9.17) is 4.84 Å². The molecule has 2 atom stereocenters. The highest BCUT2D eigenvalue weighted by molar-refractivity contribution is 7.20. The fourth-order valence-electron chi connectivity index (χ4n) is 3.23. The lowest BCUT2D eigenvalue weighted by Crippen LogP contribution is -2.39. The van der Waals surface area contributed by atoms with Crippen LogP contribution in [0, 0.1) is 11.6 Å². The van der Waals surface area contributed by atoms with Crippen molar-refractivity contribution >= 4 is 33.4 Å². The van der Waals surface area contributed by atoms with Gasteiger partial charge in [0.05, 0.1) is 18.0 Å². The number of aliphatic hydroxyl groups is 1. The van der Waals surface area contributed by atoms with Crippen LogP contribution >= 0.6 is 11.3 Å². The molecule has 0 bridgehead atoms. The molecule has 0 saturated heterocycles. The average molecular weight is 449 g/mol. The Bertz CT molecular complexity index is 1180. The quantitative estimate of drug-likeness (QED) is 0.604. The zero-order chi connectivity index (χ0) is 22.3. The fourth-order valence-corrected chi connectivity index (χ4v) is 4.27. The second kappa shape index (κ2) is 8.33. The molecule has 1 unspecified atom stereocenters. The second-order valence-electron chi connectivity index (χ2n) is 7.18. The molecule has 1 aliphatic heterocycles. The van der Waals surface area contributed by atoms with Crippen LogP contribution in [0.2, 0.25) is 0 Å². The Morgan fingerprint density at radius 3 is 2.81 bits per heavy atom. The molecule has 0 saturated carbocycles. The van der Waals surface area contributed by atoms with Crippen molar-refractivity contribution in [2.75, 3.05) is 13.7 Å². The first-order valence-electron chi connectivity index (χ1n) is 9.64. The molecule has 0 aliphatic carbocycles. The van der Waals surface area contributed by atoms with Crippen molar-refractivity contribution in [3.05, 3.63) is 40.8 Å². The summed E-state index contributed by atoms with van der Waals surface area (Å²) in [6.45, 7) is 3.63. The number of halogens is 2. The van der Waals surface area contributed by atoms with Gasteiger partial charge >= 0.3 is 0 Å². The van der Waals surface area contributed by atoms with Crippen molar-refractivity contribution in [1.82, 2.24) is 20.2 Å². The molecule has 31 heavy (non-hydrogen) atoms. The molecule has 1 aliphatic rings. The number of hydroxylamine groups is 2. The molecule has 2 aromatic heterocycles. The van der Waals surface area contributed by atoms with Crippen LogP contribution < -0.4 is 5.32 Å². The number of aliphatic hydroxyl groups excluding tert-OH is 1. The monoisotopic (exact) mass is 449 g/mol. The first-order chi connectivity index (χ1) is 14.8. The first-order valence-corrected chi connectivity index (χ1v) is 10.5. The highest BCUT2D eigenvalue weighted by Crippen LogP contribution is 2.35. The Morgan fingerprint density at radius 1 is 1.39 bits per heavy atom. The summed E-state index contributed by atoms with van der Waals surface area (Å²) in [4.78, 5) is 23.7. The zero-order valence-electron chi connectivity index (χ0n) is 17.1. The smallest absolute Gasteiger partial charge is 0.262 e. The summed E-state index contributed by atoms with van der Waals surface area (Å²) in [5.74, 6) is -1.38. The third-order valence-corrected chi connectivity index (χ3v) is 6.09. The minimum absolute atomic E-state index is 0.118. The number of amides is 1. The van der Waals surface area contributed by atoms with Crippen molar-refractivity contribution in [1.29, 1.82) is 0 Å². The van der Waals surface area contributed by atoms with E-state index < -0.39 is 17.7 Å². The van der Waals surface area contributed by atoms with Gasteiger partial charge in [-0.15, -0.1) is 16.4 Å². The van der Waals surface area contributed by atoms with Crippen LogP contribution in [0.1, 0.15) is 23.5 Å². The van der Waals surface area contributed by atoms with Gasteiger partial charge in [-0.1, -0.05) is 0 Å². The molecule has 164 valence electrons. The van der Waals surface area contributed by atoms with Gasteiger partial charge in [0.25, 0.3) is 5.91 Å². The Morgan fingerprint density at radius 2 is 2.16 bits per heavy atom. The maximum absolute atomic E-state index is 14.4. The van der Waals surface area contributed by atoms with Crippen LogP contribution in [0.25, 0.3) is 21.5 Å². The maximum atomic E-state index is 14.4. The number of carbonyl (C=O) groups excluding carboxylic acids is 1. The van der Waals surface area contributed by atoms with Gasteiger partial charge in [-0.05, 0) is 32.0 Å². The number of aromatic nitrogens is 2. The summed E-state index contributed by atoms with van der Waals surface area (Å²) in [6.07, 6.45) is -0.142. The third-order valence-electron chi connectivity index (χ3n) is 4.94. The minimum Gasteiger partial charge on any atom is -0.394 e. The largest absolute Gasteiger partial charge is 0.394 e. The average Bonchev–Trinajstić information content (AvgIpc) is 3.38. The van der Waals surface area contributed by atoms with Gasteiger partial charge in [0.2, 0.25) is 5.90 Å². The van der Waals surface area contributed by atoms with E-state index in [0.717, 1.165) is 12.1 Å². The summed E-state index contributed by atoms with van der Waals surface area (Å²) >= 11 is 1.17. The highest BCUT2D eigenvalue weighted by atomic mass is 32.1. The maximum Gasteiger partial charge on any atom is 0.262 e. The van der Waals surface area contributed by atoms with Gasteiger partial charge in [-0.2, -0.15) is 5.10 Å². The molecule has 0 spiro atoms. The molecule has 1 aromatic carbocycles. The van der Waals surface area contributed by atoms with Gasteiger partial charge in [0.1, 0.15) is 34.4 Å². The van der Waals surface area contributed by atoms with Gasteiger partial charge < -0.3 is 15.3 Å². The minimum atomic E-state index is -0.754. The number of carbonyl (C=O) groups is 1. The Hall–Kier alpha value is -2.89. The standard InChI is InChI=1S/C20H21F2N5O3S/c1-10(19-24-11(2)26(3)30-19)23-18(29)16-9-14-17(13-5-4-12(21)8-15(13)22)25-27(6-7-28)20(14)31-16/h4-5,8-11,28H,6-7H2,1-3H3,(H,23,29)/t10-,11?/m1/s1. The van der Waals surface area contributed by atoms with Crippen LogP contribution in [0.5, 0.6) is 0 Å². The third kappa shape index (κ3) is 4.03. The van der Waals surface area contributed by atoms with E-state index in [2.05, 4.69) is 15.4 Å². The Kier molecular flexibility index (Phi) is 5.73. The SMILES string of the molecule is CC1N=C([C@@H](C)NC(=O)c2cc3c(-c4ccc(F)cc4F)nn(CCO)c3s2)ON1C. The van der Waals surface area contributed by atoms with Crippen LogP contribution in [0.4, 0.5) is 8.78 Å². The Balaban J connectivity index is 1.67. The van der Waals surface area contributed by atoms with Crippen molar-refractivity contribution < 1.29 is 23.5 Å². The number of rotatable bonds is 6. The van der Waals surface area contributed by atoms with E-state index in [1.165, 1.54) is 22.1 Å². The van der Waals surface area contributed by atoms with E-state index in [9.17, 15) is 18.7 Å². The number of fused-ring (bicyclic) bond motifs is 1. The molecule has 11 heteroatoms. The summed E-state index contributed by atoms with van der Waals surface area (Å²) < 4.78 is 29.2. The summed E-state index contributed by atoms with van der Waals surface area (Å²) in [5.41, 5.74) is 0.398. The molecule has 4 rings (SSSR count). The van der Waals surface area contributed by atoms with E-state index >= 15 is 0 Å². The lowest BCUT2D eigenvalue weighted by atomic mass is 10.1. The molecular formula is C20H21F2N5O3S. The predicted molar refractivity (Wildman–Crippen MR) is 113 cm³/mol. The topological polar surface area (TPSA) is 92.0 Å². The van der Waals surface area contributed by atoms with Crippen molar-refractivity contribution in [3.63, 3.8) is 0 Å². The van der Waals surface area contributed by atoms with Gasteiger partial charge in [-0.3, -0.25) is 9.48 Å². The van der Waals surface area contributed by atoms with E-state index in [1.807, 2.05) is 6.92 Å². The zero-order valence-corrected chi connectivity index (χ0v) is 17.9. The van der Waals surface area contributed by atoms with Crippen molar-refractivity contribution in [2.45, 2.75) is 32.6 Å². The molecule has 3 aromatic rings. The molecule has 1 amide bonds. The van der Waals surface area contributed by atoms with Crippen LogP contribution in [-0.2, 0) is 11.4 Å². The van der Waals surface area contributed by atoms with E-state index in [-0.39, 0.29) is 36.5 Å². The number of aliphatic imine (C=N–C) groups is 1. The second-order valence-corrected chi connectivity index (χ2v) is 8.21. The van der Waals surface area contributed by atoms with Crippen molar-refractivity contribution in [3.8, 4) is 11.3 Å². The number of nitrogens with zero attached hydrogens (tertiary/aromatic N) is 4. The van der Waals surface area contributed by atoms with Crippen LogP contribution in [0.15, 0.2) is 29.3 Å².